The molecule has 1 aliphatic heterocycles. The zero-order valence-electron chi connectivity index (χ0n) is 43.0. The van der Waals surface area contributed by atoms with Gasteiger partial charge in [0.2, 0.25) is 11.9 Å². The van der Waals surface area contributed by atoms with Gasteiger partial charge in [-0.1, -0.05) is 74.7 Å². The first-order chi connectivity index (χ1) is 35.4. The molecule has 4 aliphatic rings. The van der Waals surface area contributed by atoms with E-state index in [4.69, 9.17) is 30.9 Å². The summed E-state index contributed by atoms with van der Waals surface area (Å²) in [4.78, 5) is 67.4. The lowest BCUT2D eigenvalue weighted by Gasteiger charge is -2.49. The number of oxime groups is 1. The number of amides is 3. The van der Waals surface area contributed by atoms with Crippen molar-refractivity contribution in [3.8, 4) is 17.2 Å². The minimum atomic E-state index is -0.405. The van der Waals surface area contributed by atoms with Crippen LogP contribution in [-0.4, -0.2) is 96.6 Å². The average Bonchev–Trinajstić information content (AvgIpc) is 3.73. The van der Waals surface area contributed by atoms with E-state index in [2.05, 4.69) is 49.3 Å². The summed E-state index contributed by atoms with van der Waals surface area (Å²) in [5.41, 5.74) is 4.64. The molecule has 18 heteroatoms. The molecule has 3 fully saturated rings. The van der Waals surface area contributed by atoms with Crippen molar-refractivity contribution in [1.82, 2.24) is 30.5 Å². The van der Waals surface area contributed by atoms with Gasteiger partial charge in [0.15, 0.2) is 24.8 Å². The minimum Gasteiger partial charge on any atom is -0.508 e. The molecule has 2 saturated carbocycles. The maximum absolute atomic E-state index is 13.1. The number of anilines is 3. The Labute approximate surface area is 433 Å². The number of aromatic nitrogens is 3. The Balaban J connectivity index is 0.656. The molecule has 0 radical (unpaired) electrons. The number of halogens is 1. The van der Waals surface area contributed by atoms with Gasteiger partial charge < -0.3 is 50.2 Å². The summed E-state index contributed by atoms with van der Waals surface area (Å²) in [7, 11) is 4.63. The molecule has 3 amide bonds. The molecule has 17 nitrogen and oxygen atoms in total. The highest BCUT2D eigenvalue weighted by Crippen LogP contribution is 2.60. The Kier molecular flexibility index (Phi) is 18.0. The number of nitrogens with zero attached hydrogens (tertiary/aromatic N) is 5. The fraction of sp³-hybridized carbons (Fsp3) is 0.582. The second-order valence-electron chi connectivity index (χ2n) is 20.6. The molecular weight excluding hydrogens is 950 g/mol. The van der Waals surface area contributed by atoms with Gasteiger partial charge in [0.1, 0.15) is 16.5 Å². The summed E-state index contributed by atoms with van der Waals surface area (Å²) in [5.74, 6) is 3.05. The molecule has 4 aromatic rings. The van der Waals surface area contributed by atoms with Crippen LogP contribution in [0.25, 0.3) is 10.9 Å². The van der Waals surface area contributed by atoms with Crippen molar-refractivity contribution < 1.29 is 33.8 Å². The first-order valence-electron chi connectivity index (χ1n) is 26.5. The molecule has 2 aromatic carbocycles. The van der Waals surface area contributed by atoms with E-state index < -0.39 is 5.56 Å². The zero-order valence-corrected chi connectivity index (χ0v) is 43.8. The lowest BCUT2D eigenvalue weighted by atomic mass is 9.55. The van der Waals surface area contributed by atoms with Gasteiger partial charge in [-0.2, -0.15) is 4.98 Å². The fourth-order valence-corrected chi connectivity index (χ4v) is 12.1. The third-order valence-corrected chi connectivity index (χ3v) is 16.3. The predicted molar refractivity (Wildman–Crippen MR) is 284 cm³/mol. The van der Waals surface area contributed by atoms with Crippen LogP contribution < -0.4 is 41.2 Å². The van der Waals surface area contributed by atoms with Crippen molar-refractivity contribution in [3.63, 3.8) is 0 Å². The van der Waals surface area contributed by atoms with Gasteiger partial charge in [0.05, 0.1) is 24.5 Å². The third kappa shape index (κ3) is 12.8. The topological polar surface area (TPSA) is 211 Å². The maximum Gasteiger partial charge on any atom is 0.293 e. The summed E-state index contributed by atoms with van der Waals surface area (Å²) < 4.78 is 12.6. The number of ether oxygens (including phenoxy) is 2. The fourth-order valence-electron chi connectivity index (χ4n) is 12.0. The van der Waals surface area contributed by atoms with Crippen molar-refractivity contribution in [2.45, 2.75) is 122 Å². The van der Waals surface area contributed by atoms with Crippen LogP contribution >= 0.6 is 11.6 Å². The van der Waals surface area contributed by atoms with E-state index in [1.165, 1.54) is 49.1 Å². The molecule has 0 bridgehead atoms. The van der Waals surface area contributed by atoms with Gasteiger partial charge >= 0.3 is 0 Å². The van der Waals surface area contributed by atoms with Gasteiger partial charge in [-0.05, 0) is 117 Å². The lowest BCUT2D eigenvalue weighted by Crippen LogP contribution is -2.42. The smallest absolute Gasteiger partial charge is 0.293 e. The monoisotopic (exact) mass is 1020 g/mol. The Morgan fingerprint density at radius 3 is 2.33 bits per heavy atom. The quantitative estimate of drug-likeness (QED) is 0.0350. The van der Waals surface area contributed by atoms with Crippen LogP contribution in [0.15, 0.2) is 52.5 Å². The standard InChI is InChI=1S/C55H74ClN9O8/c1-55-23-20-41-40-17-15-39(66)29-36(40)14-16-42(41)43(55)18-19-47(55)63-73-34-49(68)58-24-12-10-8-6-5-7-9-11-13-25-59-52(69)35-21-26-65(27-22-35)54-60-32-44(56)51(62-54)61-38-28-37-30-46(72-33-48(67)57-2)53(70)64(3)50(37)45(31-38)71-4/h15,17,28-32,35,41-43,66H,5-14,16,18-27,33-34H2,1-4H3,(H,57,67)(H,58,68)(H,59,69)(H,60,61,62)/b63-47+. The molecule has 8 rings (SSSR count). The molecule has 394 valence electrons. The molecular formula is C55H74ClN9O8. The van der Waals surface area contributed by atoms with Crippen molar-refractivity contribution in [2.75, 3.05) is 63.8 Å². The van der Waals surface area contributed by atoms with Crippen LogP contribution in [0.2, 0.25) is 5.02 Å². The van der Waals surface area contributed by atoms with E-state index >= 15 is 0 Å². The zero-order chi connectivity index (χ0) is 51.5. The number of unbranched alkanes of at least 4 members (excludes halogenated alkanes) is 8. The third-order valence-electron chi connectivity index (χ3n) is 16.0. The average molecular weight is 1020 g/mol. The predicted octanol–water partition coefficient (Wildman–Crippen LogP) is 8.45. The van der Waals surface area contributed by atoms with E-state index in [0.29, 0.717) is 102 Å². The second kappa shape index (κ2) is 24.8. The van der Waals surface area contributed by atoms with E-state index in [1.54, 1.807) is 25.4 Å². The molecule has 4 unspecified atom stereocenters. The number of carbonyl (C=O) groups excluding carboxylic acids is 3. The van der Waals surface area contributed by atoms with Crippen LogP contribution in [0.3, 0.4) is 0 Å². The SMILES string of the molecule is CNC(=O)COc1cc2cc(Nc3nc(N4CCC(C(=O)NCCCCCCCCCCCNC(=O)CO/N=C5\CCC6C7CCc8cc(O)ccc8C7CCC56C)CC4)ncc3Cl)cc(OC)c2n(C)c1=O. The number of rotatable bonds is 23. The number of methoxy groups -OCH3 is 1. The number of likely N-dealkylation sites (N-methyl/N-ethyl adjacent to an activating group) is 1. The Morgan fingerprint density at radius 1 is 0.877 bits per heavy atom. The molecule has 0 spiro atoms. The van der Waals surface area contributed by atoms with Gasteiger partial charge in [-0.25, -0.2) is 4.98 Å². The number of aromatic hydroxyl groups is 1. The molecule has 3 aliphatic carbocycles. The Bertz CT molecular complexity index is 2690. The molecule has 5 N–H and O–H groups in total. The summed E-state index contributed by atoms with van der Waals surface area (Å²) in [6, 6.07) is 11.1. The van der Waals surface area contributed by atoms with Crippen molar-refractivity contribution >= 4 is 63.4 Å². The largest absolute Gasteiger partial charge is 0.508 e. The number of hydrogen-bond donors (Lipinski definition) is 5. The summed E-state index contributed by atoms with van der Waals surface area (Å²) in [6.45, 7) is 4.61. The number of benzene rings is 2. The van der Waals surface area contributed by atoms with Gasteiger partial charge in [0, 0.05) is 68.7 Å². The van der Waals surface area contributed by atoms with E-state index in [-0.39, 0.29) is 48.0 Å². The van der Waals surface area contributed by atoms with Crippen LogP contribution in [-0.2, 0) is 32.7 Å². The molecule has 2 aromatic heterocycles. The highest BCUT2D eigenvalue weighted by molar-refractivity contribution is 6.33. The van der Waals surface area contributed by atoms with Crippen LogP contribution in [0.4, 0.5) is 17.5 Å². The van der Waals surface area contributed by atoms with Crippen LogP contribution in [0, 0.1) is 23.2 Å². The molecule has 1 saturated heterocycles. The van der Waals surface area contributed by atoms with E-state index in [9.17, 15) is 24.3 Å². The van der Waals surface area contributed by atoms with Crippen molar-refractivity contribution in [2.24, 2.45) is 35.4 Å². The van der Waals surface area contributed by atoms with E-state index in [0.717, 1.165) is 82.8 Å². The number of phenols is 1. The van der Waals surface area contributed by atoms with Crippen molar-refractivity contribution in [3.05, 3.63) is 69.1 Å². The lowest BCUT2D eigenvalue weighted by molar-refractivity contribution is -0.126. The molecule has 73 heavy (non-hydrogen) atoms. The number of piperidine rings is 1. The van der Waals surface area contributed by atoms with Gasteiger partial charge in [0.25, 0.3) is 17.4 Å². The number of carbonyl (C=O) groups is 3. The van der Waals surface area contributed by atoms with Gasteiger partial charge in [-0.3, -0.25) is 19.2 Å². The molecule has 3 heterocycles. The van der Waals surface area contributed by atoms with Crippen LogP contribution in [0.5, 0.6) is 17.2 Å². The maximum atomic E-state index is 13.1. The number of aryl methyl sites for hydroxylation is 2. The summed E-state index contributed by atoms with van der Waals surface area (Å²) in [5, 5.41) is 27.4. The highest BCUT2D eigenvalue weighted by Gasteiger charge is 2.54. The number of fused-ring (bicyclic) bond motifs is 6. The number of nitrogens with one attached hydrogen (secondary N) is 4. The summed E-state index contributed by atoms with van der Waals surface area (Å²) >= 11 is 6.57. The number of hydrogen-bond acceptors (Lipinski definition) is 13. The Morgan fingerprint density at radius 2 is 1.60 bits per heavy atom. The number of pyridine rings is 1. The second-order valence-corrected chi connectivity index (χ2v) is 21.0. The summed E-state index contributed by atoms with van der Waals surface area (Å²) in [6.07, 6.45) is 19.3. The van der Waals surface area contributed by atoms with Gasteiger partial charge in [-0.15, -0.1) is 0 Å². The normalized spacial score (nSPS) is 21.0. The van der Waals surface area contributed by atoms with Crippen molar-refractivity contribution in [1.29, 1.82) is 0 Å². The first kappa shape index (κ1) is 53.2. The Hall–Kier alpha value is -6.10. The number of phenolic OH excluding ortho intramolecular Hbond substituents is 1. The molecule has 4 atom stereocenters. The van der Waals surface area contributed by atoms with E-state index in [1.807, 2.05) is 18.2 Å². The van der Waals surface area contributed by atoms with Crippen LogP contribution in [0.1, 0.15) is 127 Å². The highest BCUT2D eigenvalue weighted by atomic mass is 35.5. The first-order valence-corrected chi connectivity index (χ1v) is 26.9. The minimum absolute atomic E-state index is 0.0262.